The van der Waals surface area contributed by atoms with Crippen LogP contribution in [0.3, 0.4) is 0 Å². The summed E-state index contributed by atoms with van der Waals surface area (Å²) < 4.78 is 0. The van der Waals surface area contributed by atoms with E-state index in [4.69, 9.17) is 0 Å². The number of likely N-dealkylation sites (N-methyl/N-ethyl adjacent to an activating group) is 1. The molecule has 1 fully saturated rings. The fourth-order valence-corrected chi connectivity index (χ4v) is 4.94. The Bertz CT molecular complexity index is 1060. The van der Waals surface area contributed by atoms with Crippen LogP contribution in [-0.2, 0) is 5.66 Å². The lowest BCUT2D eigenvalue weighted by atomic mass is 9.88. The van der Waals surface area contributed by atoms with Crippen LogP contribution in [0.4, 0.5) is 5.69 Å². The Morgan fingerprint density at radius 2 is 1.40 bits per heavy atom. The van der Waals surface area contributed by atoms with Gasteiger partial charge in [-0.25, -0.2) is 0 Å². The molecule has 3 aromatic carbocycles. The van der Waals surface area contributed by atoms with E-state index in [9.17, 15) is 4.79 Å². The summed E-state index contributed by atoms with van der Waals surface area (Å²) in [6.45, 7) is 5.83. The first-order chi connectivity index (χ1) is 14.6. The predicted molar refractivity (Wildman–Crippen MR) is 121 cm³/mol. The number of benzene rings is 3. The minimum Gasteiger partial charge on any atom is -0.304 e. The van der Waals surface area contributed by atoms with Crippen LogP contribution in [-0.4, -0.2) is 48.9 Å². The van der Waals surface area contributed by atoms with Gasteiger partial charge < -0.3 is 4.90 Å². The molecule has 4 nitrogen and oxygen atoms in total. The standard InChI is InChI=1S/C26H27N3O/c1-20-12-14-22(15-13-20)29-25(30)23-10-6-7-11-24(23)26(29,21-8-4-3-5-9-21)28-18-16-27(2)17-19-28/h3-15H,16-19H2,1-2H3/t26-/m0/s1. The van der Waals surface area contributed by atoms with Crippen molar-refractivity contribution in [2.24, 2.45) is 0 Å². The van der Waals surface area contributed by atoms with Gasteiger partial charge in [0.1, 0.15) is 0 Å². The summed E-state index contributed by atoms with van der Waals surface area (Å²) in [5.41, 5.74) is 4.48. The number of hydrogen-bond donors (Lipinski definition) is 0. The highest BCUT2D eigenvalue weighted by molar-refractivity contribution is 6.12. The second-order valence-electron chi connectivity index (χ2n) is 8.35. The van der Waals surface area contributed by atoms with Gasteiger partial charge in [0.15, 0.2) is 5.66 Å². The molecule has 30 heavy (non-hydrogen) atoms. The summed E-state index contributed by atoms with van der Waals surface area (Å²) in [5, 5.41) is 0. The van der Waals surface area contributed by atoms with Crippen LogP contribution in [0.2, 0.25) is 0 Å². The number of carbonyl (C=O) groups is 1. The van der Waals surface area contributed by atoms with Crippen LogP contribution in [0, 0.1) is 6.92 Å². The SMILES string of the molecule is Cc1ccc(N2C(=O)c3ccccc3[C@@]2(c2ccccc2)N2CCN(C)CC2)cc1. The Hall–Kier alpha value is -2.95. The van der Waals surface area contributed by atoms with Crippen LogP contribution < -0.4 is 4.90 Å². The Kier molecular flexibility index (Phi) is 4.69. The largest absolute Gasteiger partial charge is 0.304 e. The average molecular weight is 398 g/mol. The minimum atomic E-state index is -0.647. The number of nitrogens with zero attached hydrogens (tertiary/aromatic N) is 3. The first-order valence-corrected chi connectivity index (χ1v) is 10.6. The van der Waals surface area contributed by atoms with Crippen molar-refractivity contribution in [1.82, 2.24) is 9.80 Å². The van der Waals surface area contributed by atoms with E-state index >= 15 is 0 Å². The summed E-state index contributed by atoms with van der Waals surface area (Å²) in [6.07, 6.45) is 0. The maximum atomic E-state index is 13.9. The normalized spacial score (nSPS) is 22.3. The van der Waals surface area contributed by atoms with E-state index in [0.29, 0.717) is 0 Å². The lowest BCUT2D eigenvalue weighted by Gasteiger charge is -2.50. The van der Waals surface area contributed by atoms with E-state index in [1.165, 1.54) is 5.56 Å². The smallest absolute Gasteiger partial charge is 0.260 e. The predicted octanol–water partition coefficient (Wildman–Crippen LogP) is 4.10. The van der Waals surface area contributed by atoms with Gasteiger partial charge in [-0.3, -0.25) is 14.6 Å². The molecule has 3 aromatic rings. The molecular weight excluding hydrogens is 370 g/mol. The summed E-state index contributed by atoms with van der Waals surface area (Å²) >= 11 is 0. The summed E-state index contributed by atoms with van der Waals surface area (Å²) in [5.74, 6) is 0.0669. The second kappa shape index (κ2) is 7.38. The molecule has 0 aromatic heterocycles. The van der Waals surface area contributed by atoms with Crippen LogP contribution >= 0.6 is 0 Å². The molecule has 1 amide bonds. The molecule has 0 radical (unpaired) electrons. The molecule has 2 aliphatic rings. The molecule has 2 aliphatic heterocycles. The number of aryl methyl sites for hydroxylation is 1. The van der Waals surface area contributed by atoms with Crippen LogP contribution in [0.5, 0.6) is 0 Å². The van der Waals surface area contributed by atoms with Crippen molar-refractivity contribution in [3.8, 4) is 0 Å². The number of anilines is 1. The summed E-state index contributed by atoms with van der Waals surface area (Å²) in [6, 6.07) is 27.0. The van der Waals surface area contributed by atoms with E-state index in [2.05, 4.69) is 84.4 Å². The number of hydrogen-bond acceptors (Lipinski definition) is 3. The van der Waals surface area contributed by atoms with Crippen molar-refractivity contribution in [3.05, 3.63) is 101 Å². The van der Waals surface area contributed by atoms with Gasteiger partial charge in [-0.15, -0.1) is 0 Å². The van der Waals surface area contributed by atoms with Crippen molar-refractivity contribution in [1.29, 1.82) is 0 Å². The van der Waals surface area contributed by atoms with E-state index in [-0.39, 0.29) is 5.91 Å². The molecule has 1 saturated heterocycles. The molecule has 0 spiro atoms. The molecule has 0 saturated carbocycles. The van der Waals surface area contributed by atoms with Crippen molar-refractivity contribution < 1.29 is 4.79 Å². The Morgan fingerprint density at radius 1 is 0.767 bits per heavy atom. The number of piperazine rings is 1. The third kappa shape index (κ3) is 2.79. The van der Waals surface area contributed by atoms with Gasteiger partial charge in [-0.1, -0.05) is 66.2 Å². The first-order valence-electron chi connectivity index (χ1n) is 10.6. The van der Waals surface area contributed by atoms with Gasteiger partial charge in [-0.05, 0) is 37.7 Å². The zero-order valence-corrected chi connectivity index (χ0v) is 17.6. The molecule has 0 bridgehead atoms. The summed E-state index contributed by atoms with van der Waals surface area (Å²) in [4.78, 5) is 20.7. The molecule has 4 heteroatoms. The molecule has 2 heterocycles. The van der Waals surface area contributed by atoms with E-state index in [0.717, 1.165) is 48.6 Å². The molecule has 0 N–H and O–H groups in total. The van der Waals surface area contributed by atoms with Gasteiger partial charge in [0.25, 0.3) is 5.91 Å². The molecular formula is C26H27N3O. The van der Waals surface area contributed by atoms with Gasteiger partial charge >= 0.3 is 0 Å². The van der Waals surface area contributed by atoms with Gasteiger partial charge in [0.05, 0.1) is 0 Å². The van der Waals surface area contributed by atoms with E-state index in [1.54, 1.807) is 0 Å². The zero-order chi connectivity index (χ0) is 20.7. The zero-order valence-electron chi connectivity index (χ0n) is 17.6. The van der Waals surface area contributed by atoms with Crippen molar-refractivity contribution in [2.45, 2.75) is 12.6 Å². The lowest BCUT2D eigenvalue weighted by Crippen LogP contribution is -2.62. The highest BCUT2D eigenvalue weighted by Gasteiger charge is 2.55. The molecule has 0 unspecified atom stereocenters. The lowest BCUT2D eigenvalue weighted by molar-refractivity contribution is 0.0597. The molecule has 1 atom stereocenters. The van der Waals surface area contributed by atoms with E-state index < -0.39 is 5.66 Å². The fraction of sp³-hybridized carbons (Fsp3) is 0.269. The highest BCUT2D eigenvalue weighted by atomic mass is 16.2. The summed E-state index contributed by atoms with van der Waals surface area (Å²) in [7, 11) is 2.16. The van der Waals surface area contributed by atoms with Crippen LogP contribution in [0.1, 0.15) is 27.0 Å². The first kappa shape index (κ1) is 19.0. The number of carbonyl (C=O) groups excluding carboxylic acids is 1. The van der Waals surface area contributed by atoms with Crippen LogP contribution in [0.25, 0.3) is 0 Å². The number of fused-ring (bicyclic) bond motifs is 1. The van der Waals surface area contributed by atoms with Crippen molar-refractivity contribution in [3.63, 3.8) is 0 Å². The Balaban J connectivity index is 1.80. The average Bonchev–Trinajstić information content (AvgIpc) is 3.05. The molecule has 0 aliphatic carbocycles. The van der Waals surface area contributed by atoms with Crippen molar-refractivity contribution >= 4 is 11.6 Å². The topological polar surface area (TPSA) is 26.8 Å². The highest BCUT2D eigenvalue weighted by Crippen LogP contribution is 2.49. The minimum absolute atomic E-state index is 0.0669. The quantitative estimate of drug-likeness (QED) is 0.666. The van der Waals surface area contributed by atoms with Gasteiger partial charge in [-0.2, -0.15) is 0 Å². The number of rotatable bonds is 3. The third-order valence-electron chi connectivity index (χ3n) is 6.49. The molecule has 152 valence electrons. The maximum absolute atomic E-state index is 13.9. The van der Waals surface area contributed by atoms with Gasteiger partial charge in [0.2, 0.25) is 0 Å². The second-order valence-corrected chi connectivity index (χ2v) is 8.35. The maximum Gasteiger partial charge on any atom is 0.260 e. The number of amides is 1. The Morgan fingerprint density at radius 3 is 2.10 bits per heavy atom. The monoisotopic (exact) mass is 397 g/mol. The van der Waals surface area contributed by atoms with E-state index in [1.807, 2.05) is 23.1 Å². The van der Waals surface area contributed by atoms with Crippen LogP contribution in [0.15, 0.2) is 78.9 Å². The molecule has 5 rings (SSSR count). The van der Waals surface area contributed by atoms with Gasteiger partial charge in [0, 0.05) is 43.0 Å². The third-order valence-corrected chi connectivity index (χ3v) is 6.49. The fourth-order valence-electron chi connectivity index (χ4n) is 4.94. The van der Waals surface area contributed by atoms with Crippen molar-refractivity contribution in [2.75, 3.05) is 38.1 Å². The Labute approximate surface area is 178 Å².